The van der Waals surface area contributed by atoms with Crippen LogP contribution in [-0.2, 0) is 24.1 Å². The summed E-state index contributed by atoms with van der Waals surface area (Å²) in [6.45, 7) is 3.59. The fraction of sp³-hybridized carbons (Fsp3) is 0.571. The Morgan fingerprint density at radius 1 is 1.19 bits per heavy atom. The first-order chi connectivity index (χ1) is 12.9. The molecule has 1 aliphatic carbocycles. The summed E-state index contributed by atoms with van der Waals surface area (Å²) in [6, 6.07) is 11.8. The smallest absolute Gasteiger partial charge is 0.0932 e. The number of nitrogens with one attached hydrogen (secondary N) is 2. The molecule has 0 bridgehead atoms. The average Bonchev–Trinajstić information content (AvgIpc) is 3.35. The van der Waals surface area contributed by atoms with E-state index in [9.17, 15) is 0 Å². The van der Waals surface area contributed by atoms with Gasteiger partial charge in [-0.05, 0) is 30.7 Å². The van der Waals surface area contributed by atoms with Crippen molar-refractivity contribution in [2.75, 3.05) is 19.8 Å². The predicted octanol–water partition coefficient (Wildman–Crippen LogP) is 3.18. The average molecular weight is 372 g/mol. The molecular formula is C21H29N3OS. The first-order valence-corrected chi connectivity index (χ1v) is 10.8. The first kappa shape index (κ1) is 18.1. The molecule has 2 fully saturated rings. The number of hydrogen-bond donors (Lipinski definition) is 2. The number of rotatable bonds is 7. The van der Waals surface area contributed by atoms with Crippen LogP contribution in [0.2, 0.25) is 0 Å². The molecule has 1 aliphatic heterocycles. The molecule has 0 spiro atoms. The van der Waals surface area contributed by atoms with E-state index < -0.39 is 0 Å². The normalized spacial score (nSPS) is 26.2. The summed E-state index contributed by atoms with van der Waals surface area (Å²) in [7, 11) is 0. The molecule has 3 atom stereocenters. The van der Waals surface area contributed by atoms with Gasteiger partial charge in [-0.15, -0.1) is 11.3 Å². The molecule has 2 heterocycles. The Labute approximate surface area is 160 Å². The van der Waals surface area contributed by atoms with Gasteiger partial charge in [-0.3, -0.25) is 0 Å². The molecule has 1 saturated heterocycles. The highest BCUT2D eigenvalue weighted by Gasteiger charge is 2.34. The van der Waals surface area contributed by atoms with Gasteiger partial charge in [0.25, 0.3) is 0 Å². The second-order valence-corrected chi connectivity index (χ2v) is 8.38. The molecule has 1 aromatic heterocycles. The molecule has 4 nitrogen and oxygen atoms in total. The van der Waals surface area contributed by atoms with E-state index in [1.54, 1.807) is 11.3 Å². The van der Waals surface area contributed by atoms with Crippen molar-refractivity contribution in [3.8, 4) is 0 Å². The van der Waals surface area contributed by atoms with Crippen molar-refractivity contribution in [2.24, 2.45) is 5.92 Å². The molecule has 26 heavy (non-hydrogen) atoms. The lowest BCUT2D eigenvalue weighted by Gasteiger charge is -2.32. The summed E-state index contributed by atoms with van der Waals surface area (Å²) >= 11 is 1.80. The largest absolute Gasteiger partial charge is 0.379 e. The van der Waals surface area contributed by atoms with Gasteiger partial charge in [0, 0.05) is 37.0 Å². The lowest BCUT2D eigenvalue weighted by molar-refractivity contribution is 0.0524. The molecule has 140 valence electrons. The highest BCUT2D eigenvalue weighted by atomic mass is 32.1. The van der Waals surface area contributed by atoms with Crippen molar-refractivity contribution in [1.82, 2.24) is 15.6 Å². The molecule has 0 radical (unpaired) electrons. The van der Waals surface area contributed by atoms with E-state index in [2.05, 4.69) is 46.3 Å². The minimum atomic E-state index is 0.514. The molecule has 4 rings (SSSR count). The number of thiazole rings is 1. The van der Waals surface area contributed by atoms with Gasteiger partial charge < -0.3 is 15.4 Å². The first-order valence-electron chi connectivity index (χ1n) is 9.90. The number of hydrogen-bond acceptors (Lipinski definition) is 5. The molecule has 2 N–H and O–H groups in total. The monoisotopic (exact) mass is 371 g/mol. The van der Waals surface area contributed by atoms with Crippen LogP contribution in [0.4, 0.5) is 0 Å². The number of benzene rings is 1. The summed E-state index contributed by atoms with van der Waals surface area (Å²) in [6.07, 6.45) is 6.00. The van der Waals surface area contributed by atoms with Gasteiger partial charge in [-0.25, -0.2) is 4.98 Å². The van der Waals surface area contributed by atoms with Gasteiger partial charge in [-0.2, -0.15) is 0 Å². The maximum Gasteiger partial charge on any atom is 0.0932 e. The Hall–Kier alpha value is -1.27. The number of ether oxygens (including phenoxy) is 1. The lowest BCUT2D eigenvalue weighted by Crippen LogP contribution is -2.50. The van der Waals surface area contributed by atoms with E-state index in [0.29, 0.717) is 18.0 Å². The van der Waals surface area contributed by atoms with E-state index in [-0.39, 0.29) is 0 Å². The van der Waals surface area contributed by atoms with Gasteiger partial charge in [0.2, 0.25) is 0 Å². The van der Waals surface area contributed by atoms with E-state index in [4.69, 9.17) is 9.72 Å². The number of morpholine rings is 1. The minimum absolute atomic E-state index is 0.514. The van der Waals surface area contributed by atoms with Crippen LogP contribution in [0, 0.1) is 5.92 Å². The molecule has 1 saturated carbocycles. The molecular weight excluding hydrogens is 342 g/mol. The van der Waals surface area contributed by atoms with Gasteiger partial charge >= 0.3 is 0 Å². The fourth-order valence-electron chi connectivity index (χ4n) is 4.26. The Kier molecular flexibility index (Phi) is 6.33. The molecule has 2 aromatic rings. The van der Waals surface area contributed by atoms with Crippen molar-refractivity contribution >= 4 is 11.3 Å². The van der Waals surface area contributed by atoms with Crippen molar-refractivity contribution in [1.29, 1.82) is 0 Å². The topological polar surface area (TPSA) is 46.2 Å². The highest BCUT2D eigenvalue weighted by molar-refractivity contribution is 7.09. The SMILES string of the molecule is c1ccc(CCc2nc(CNC3CCCC3C3COCCN3)cs2)cc1. The van der Waals surface area contributed by atoms with Gasteiger partial charge in [0.1, 0.15) is 0 Å². The predicted molar refractivity (Wildman–Crippen MR) is 107 cm³/mol. The quantitative estimate of drug-likeness (QED) is 0.785. The minimum Gasteiger partial charge on any atom is -0.379 e. The van der Waals surface area contributed by atoms with E-state index in [1.165, 1.54) is 35.5 Å². The third kappa shape index (κ3) is 4.71. The zero-order chi connectivity index (χ0) is 17.6. The van der Waals surface area contributed by atoms with Crippen LogP contribution in [0.1, 0.15) is 35.5 Å². The van der Waals surface area contributed by atoms with Crippen LogP contribution in [0.25, 0.3) is 0 Å². The van der Waals surface area contributed by atoms with Crippen LogP contribution < -0.4 is 10.6 Å². The second-order valence-electron chi connectivity index (χ2n) is 7.44. The lowest BCUT2D eigenvalue weighted by atomic mass is 9.94. The molecule has 2 aliphatic rings. The zero-order valence-corrected chi connectivity index (χ0v) is 16.1. The van der Waals surface area contributed by atoms with E-state index >= 15 is 0 Å². The van der Waals surface area contributed by atoms with Gasteiger partial charge in [0.05, 0.1) is 23.9 Å². The third-order valence-corrected chi connectivity index (χ3v) is 6.61. The third-order valence-electron chi connectivity index (χ3n) is 5.65. The summed E-state index contributed by atoms with van der Waals surface area (Å²) in [4.78, 5) is 4.84. The maximum atomic E-state index is 5.67. The number of aromatic nitrogens is 1. The van der Waals surface area contributed by atoms with Crippen molar-refractivity contribution in [3.63, 3.8) is 0 Å². The van der Waals surface area contributed by atoms with Gasteiger partial charge in [-0.1, -0.05) is 36.8 Å². The molecule has 0 amide bonds. The standard InChI is InChI=1S/C21H29N3OS/c1-2-5-16(6-3-1)9-10-21-24-17(15-26-21)13-23-19-8-4-7-18(19)20-14-25-12-11-22-20/h1-3,5-6,15,18-20,22-23H,4,7-14H2. The Morgan fingerprint density at radius 2 is 2.12 bits per heavy atom. The van der Waals surface area contributed by atoms with Crippen LogP contribution in [0.15, 0.2) is 35.7 Å². The van der Waals surface area contributed by atoms with E-state index in [0.717, 1.165) is 39.1 Å². The summed E-state index contributed by atoms with van der Waals surface area (Å²) in [5.41, 5.74) is 2.58. The van der Waals surface area contributed by atoms with Crippen molar-refractivity contribution in [3.05, 3.63) is 52.0 Å². The van der Waals surface area contributed by atoms with Crippen LogP contribution in [-0.4, -0.2) is 36.8 Å². The molecule has 1 aromatic carbocycles. The Morgan fingerprint density at radius 3 is 2.96 bits per heavy atom. The van der Waals surface area contributed by atoms with E-state index in [1.807, 2.05) is 0 Å². The number of aryl methyl sites for hydroxylation is 2. The highest BCUT2D eigenvalue weighted by Crippen LogP contribution is 2.29. The Balaban J connectivity index is 1.26. The zero-order valence-electron chi connectivity index (χ0n) is 15.3. The van der Waals surface area contributed by atoms with Crippen molar-refractivity contribution < 1.29 is 4.74 Å². The fourth-order valence-corrected chi connectivity index (χ4v) is 5.06. The van der Waals surface area contributed by atoms with Gasteiger partial charge in [0.15, 0.2) is 0 Å². The Bertz CT molecular complexity index is 669. The van der Waals surface area contributed by atoms with Crippen LogP contribution in [0.3, 0.4) is 0 Å². The molecule has 5 heteroatoms. The second kappa shape index (κ2) is 9.09. The number of nitrogens with zero attached hydrogens (tertiary/aromatic N) is 1. The van der Waals surface area contributed by atoms with Crippen LogP contribution >= 0.6 is 11.3 Å². The molecule has 3 unspecified atom stereocenters. The summed E-state index contributed by atoms with van der Waals surface area (Å²) in [5.74, 6) is 0.687. The summed E-state index contributed by atoms with van der Waals surface area (Å²) in [5, 5.41) is 10.9. The maximum absolute atomic E-state index is 5.67. The summed E-state index contributed by atoms with van der Waals surface area (Å²) < 4.78 is 5.67. The van der Waals surface area contributed by atoms with Crippen molar-refractivity contribution in [2.45, 2.75) is 50.7 Å². The van der Waals surface area contributed by atoms with Crippen LogP contribution in [0.5, 0.6) is 0 Å².